The Morgan fingerprint density at radius 2 is 2.42 bits per heavy atom. The molecule has 0 aliphatic carbocycles. The fourth-order valence-corrected chi connectivity index (χ4v) is 2.57. The Bertz CT molecular complexity index is 434. The van der Waals surface area contributed by atoms with Crippen LogP contribution in [0.5, 0.6) is 0 Å². The Morgan fingerprint density at radius 1 is 1.58 bits per heavy atom. The molecule has 1 fully saturated rings. The van der Waals surface area contributed by atoms with Gasteiger partial charge < -0.3 is 15.3 Å². The summed E-state index contributed by atoms with van der Waals surface area (Å²) in [6, 6.07) is 3.75. The van der Waals surface area contributed by atoms with Crippen molar-refractivity contribution in [3.63, 3.8) is 0 Å². The van der Waals surface area contributed by atoms with E-state index in [1.807, 2.05) is 18.0 Å². The molecule has 5 heteroatoms. The molecule has 1 saturated heterocycles. The summed E-state index contributed by atoms with van der Waals surface area (Å²) in [7, 11) is 1.82. The predicted molar refractivity (Wildman–Crippen MR) is 74.2 cm³/mol. The van der Waals surface area contributed by atoms with Crippen LogP contribution in [0.2, 0.25) is 0 Å². The summed E-state index contributed by atoms with van der Waals surface area (Å²) in [5.41, 5.74) is 1.35. The summed E-state index contributed by atoms with van der Waals surface area (Å²) in [4.78, 5) is 18.5. The minimum atomic E-state index is -0.0322. The van der Waals surface area contributed by atoms with E-state index in [-0.39, 0.29) is 18.6 Å². The summed E-state index contributed by atoms with van der Waals surface area (Å²) in [5.74, 6) is -0.0322. The first-order valence-electron chi connectivity index (χ1n) is 6.82. The molecular weight excluding hydrogens is 242 g/mol. The number of pyridine rings is 1. The van der Waals surface area contributed by atoms with Gasteiger partial charge >= 0.3 is 0 Å². The van der Waals surface area contributed by atoms with Crippen LogP contribution in [0.3, 0.4) is 0 Å². The Morgan fingerprint density at radius 3 is 3.16 bits per heavy atom. The van der Waals surface area contributed by atoms with Gasteiger partial charge in [-0.1, -0.05) is 0 Å². The first-order chi connectivity index (χ1) is 9.26. The van der Waals surface area contributed by atoms with Crippen LogP contribution in [0.15, 0.2) is 18.3 Å². The molecule has 1 aliphatic rings. The lowest BCUT2D eigenvalue weighted by Crippen LogP contribution is -2.44. The lowest BCUT2D eigenvalue weighted by molar-refractivity contribution is 0.0568. The van der Waals surface area contributed by atoms with Crippen molar-refractivity contribution < 1.29 is 9.90 Å². The number of aliphatic hydroxyl groups is 1. The molecule has 2 rings (SSSR count). The summed E-state index contributed by atoms with van der Waals surface area (Å²) < 4.78 is 0. The molecule has 1 aliphatic heterocycles. The van der Waals surface area contributed by atoms with Crippen molar-refractivity contribution in [3.8, 4) is 0 Å². The summed E-state index contributed by atoms with van der Waals surface area (Å²) in [6.07, 6.45) is 5.41. The van der Waals surface area contributed by atoms with Gasteiger partial charge in [-0.05, 0) is 37.8 Å². The number of aromatic nitrogens is 1. The van der Waals surface area contributed by atoms with Crippen LogP contribution in [0.1, 0.15) is 36.2 Å². The standard InChI is InChI=1S/C14H21N3O2/c1-15-11-5-7-16-13(10-11)14(19)17-8-3-2-4-12(17)6-9-18/h5,7,10,12,18H,2-4,6,8-9H2,1H3,(H,15,16). The van der Waals surface area contributed by atoms with Gasteiger partial charge in [0.25, 0.3) is 5.91 Å². The van der Waals surface area contributed by atoms with Crippen LogP contribution in [0.4, 0.5) is 5.69 Å². The summed E-state index contributed by atoms with van der Waals surface area (Å²) in [5, 5.41) is 12.1. The average Bonchev–Trinajstić information content (AvgIpc) is 2.47. The highest BCUT2D eigenvalue weighted by atomic mass is 16.3. The molecule has 0 bridgehead atoms. The van der Waals surface area contributed by atoms with Crippen LogP contribution in [0, 0.1) is 0 Å². The lowest BCUT2D eigenvalue weighted by Gasteiger charge is -2.35. The van der Waals surface area contributed by atoms with E-state index in [9.17, 15) is 4.79 Å². The molecule has 1 aromatic rings. The lowest BCUT2D eigenvalue weighted by atomic mass is 9.99. The molecule has 5 nitrogen and oxygen atoms in total. The third kappa shape index (κ3) is 3.23. The van der Waals surface area contributed by atoms with Gasteiger partial charge in [0.2, 0.25) is 0 Å². The number of hydrogen-bond donors (Lipinski definition) is 2. The maximum atomic E-state index is 12.5. The number of aliphatic hydroxyl groups excluding tert-OH is 1. The van der Waals surface area contributed by atoms with E-state index in [0.717, 1.165) is 31.5 Å². The molecule has 1 atom stereocenters. The second kappa shape index (κ2) is 6.52. The van der Waals surface area contributed by atoms with Gasteiger partial charge in [0.1, 0.15) is 5.69 Å². The van der Waals surface area contributed by atoms with Crippen LogP contribution in [-0.4, -0.2) is 47.1 Å². The molecule has 0 spiro atoms. The maximum Gasteiger partial charge on any atom is 0.272 e. The highest BCUT2D eigenvalue weighted by Crippen LogP contribution is 2.22. The minimum Gasteiger partial charge on any atom is -0.396 e. The molecule has 0 aromatic carbocycles. The summed E-state index contributed by atoms with van der Waals surface area (Å²) in [6.45, 7) is 0.882. The van der Waals surface area contributed by atoms with Gasteiger partial charge in [-0.25, -0.2) is 0 Å². The molecule has 0 saturated carbocycles. The molecule has 19 heavy (non-hydrogen) atoms. The number of rotatable bonds is 4. The number of carbonyl (C=O) groups is 1. The fourth-order valence-electron chi connectivity index (χ4n) is 2.57. The van der Waals surface area contributed by atoms with Crippen molar-refractivity contribution in [3.05, 3.63) is 24.0 Å². The number of amides is 1. The molecule has 1 amide bonds. The van der Waals surface area contributed by atoms with Crippen molar-refractivity contribution in [2.24, 2.45) is 0 Å². The maximum absolute atomic E-state index is 12.5. The van der Waals surface area contributed by atoms with Crippen molar-refractivity contribution in [2.45, 2.75) is 31.7 Å². The second-order valence-corrected chi connectivity index (χ2v) is 4.84. The van der Waals surface area contributed by atoms with Crippen molar-refractivity contribution >= 4 is 11.6 Å². The van der Waals surface area contributed by atoms with Gasteiger partial charge in [-0.3, -0.25) is 9.78 Å². The van der Waals surface area contributed by atoms with Crippen LogP contribution in [0.25, 0.3) is 0 Å². The smallest absolute Gasteiger partial charge is 0.272 e. The van der Waals surface area contributed by atoms with Crippen molar-refractivity contribution in [2.75, 3.05) is 25.5 Å². The second-order valence-electron chi connectivity index (χ2n) is 4.84. The van der Waals surface area contributed by atoms with Gasteiger partial charge in [0.15, 0.2) is 0 Å². The molecule has 104 valence electrons. The Balaban J connectivity index is 2.16. The number of likely N-dealkylation sites (tertiary alicyclic amines) is 1. The number of nitrogens with zero attached hydrogens (tertiary/aromatic N) is 2. The average molecular weight is 263 g/mol. The van der Waals surface area contributed by atoms with E-state index >= 15 is 0 Å². The zero-order valence-electron chi connectivity index (χ0n) is 11.3. The van der Waals surface area contributed by atoms with Crippen LogP contribution in [-0.2, 0) is 0 Å². The predicted octanol–water partition coefficient (Wildman–Crippen LogP) is 1.50. The highest BCUT2D eigenvalue weighted by Gasteiger charge is 2.27. The number of nitrogens with one attached hydrogen (secondary N) is 1. The van der Waals surface area contributed by atoms with Crippen molar-refractivity contribution in [1.29, 1.82) is 0 Å². The third-order valence-electron chi connectivity index (χ3n) is 3.62. The highest BCUT2D eigenvalue weighted by molar-refractivity contribution is 5.93. The van der Waals surface area contributed by atoms with E-state index in [0.29, 0.717) is 12.1 Å². The largest absolute Gasteiger partial charge is 0.396 e. The van der Waals surface area contributed by atoms with Crippen LogP contribution < -0.4 is 5.32 Å². The van der Waals surface area contributed by atoms with E-state index in [2.05, 4.69) is 10.3 Å². The Kier molecular flexibility index (Phi) is 4.74. The molecule has 1 unspecified atom stereocenters. The van der Waals surface area contributed by atoms with E-state index in [1.54, 1.807) is 12.3 Å². The van der Waals surface area contributed by atoms with E-state index in [1.165, 1.54) is 0 Å². The normalized spacial score (nSPS) is 19.3. The Hall–Kier alpha value is -1.62. The van der Waals surface area contributed by atoms with E-state index < -0.39 is 0 Å². The topological polar surface area (TPSA) is 65.5 Å². The van der Waals surface area contributed by atoms with Gasteiger partial charge in [0.05, 0.1) is 0 Å². The van der Waals surface area contributed by atoms with Gasteiger partial charge in [-0.2, -0.15) is 0 Å². The van der Waals surface area contributed by atoms with Gasteiger partial charge in [0, 0.05) is 38.1 Å². The zero-order valence-corrected chi connectivity index (χ0v) is 11.3. The SMILES string of the molecule is CNc1ccnc(C(=O)N2CCCCC2CCO)c1. The molecule has 2 heterocycles. The molecular formula is C14H21N3O2. The Labute approximate surface area is 113 Å². The number of carbonyl (C=O) groups excluding carboxylic acids is 1. The van der Waals surface area contributed by atoms with Gasteiger partial charge in [-0.15, -0.1) is 0 Å². The summed E-state index contributed by atoms with van der Waals surface area (Å²) >= 11 is 0. The van der Waals surface area contributed by atoms with E-state index in [4.69, 9.17) is 5.11 Å². The number of anilines is 1. The fraction of sp³-hybridized carbons (Fsp3) is 0.571. The first kappa shape index (κ1) is 13.8. The monoisotopic (exact) mass is 263 g/mol. The molecule has 2 N–H and O–H groups in total. The number of hydrogen-bond acceptors (Lipinski definition) is 4. The molecule has 1 aromatic heterocycles. The zero-order chi connectivity index (χ0) is 13.7. The third-order valence-corrected chi connectivity index (χ3v) is 3.62. The minimum absolute atomic E-state index is 0.0322. The first-order valence-corrected chi connectivity index (χ1v) is 6.82. The van der Waals surface area contributed by atoms with Crippen molar-refractivity contribution in [1.82, 2.24) is 9.88 Å². The quantitative estimate of drug-likeness (QED) is 0.864. The number of piperidine rings is 1. The van der Waals surface area contributed by atoms with Crippen LogP contribution >= 0.6 is 0 Å². The molecule has 0 radical (unpaired) electrons.